The van der Waals surface area contributed by atoms with Crippen LogP contribution in [-0.2, 0) is 5.60 Å². The van der Waals surface area contributed by atoms with Crippen LogP contribution in [0.1, 0.15) is 12.0 Å². The zero-order valence-corrected chi connectivity index (χ0v) is 9.01. The molecule has 1 aromatic carbocycles. The third-order valence-corrected chi connectivity index (χ3v) is 3.78. The van der Waals surface area contributed by atoms with E-state index >= 15 is 0 Å². The quantitative estimate of drug-likeness (QED) is 0.809. The summed E-state index contributed by atoms with van der Waals surface area (Å²) in [6.07, 6.45) is 0.818. The van der Waals surface area contributed by atoms with Crippen molar-refractivity contribution in [2.45, 2.75) is 12.0 Å². The maximum absolute atomic E-state index is 10.4. The first-order valence-electron chi connectivity index (χ1n) is 4.70. The SMILES string of the molecule is COc1ccccc1[C@]1(O)CCSC1. The molecule has 0 radical (unpaired) electrons. The summed E-state index contributed by atoms with van der Waals surface area (Å²) < 4.78 is 5.25. The van der Waals surface area contributed by atoms with Gasteiger partial charge in [0.25, 0.3) is 0 Å². The Hall–Kier alpha value is -0.670. The number of aliphatic hydroxyl groups is 1. The molecule has 1 fully saturated rings. The zero-order valence-electron chi connectivity index (χ0n) is 8.19. The van der Waals surface area contributed by atoms with E-state index in [1.165, 1.54) is 0 Å². The molecule has 3 heteroatoms. The van der Waals surface area contributed by atoms with Gasteiger partial charge in [0, 0.05) is 11.3 Å². The predicted octanol–water partition coefficient (Wildman–Crippen LogP) is 2.02. The predicted molar refractivity (Wildman–Crippen MR) is 58.8 cm³/mol. The average molecular weight is 210 g/mol. The number of hydrogen-bond donors (Lipinski definition) is 1. The molecule has 76 valence electrons. The van der Waals surface area contributed by atoms with Gasteiger partial charge in [-0.25, -0.2) is 0 Å². The Morgan fingerprint density at radius 2 is 2.21 bits per heavy atom. The van der Waals surface area contributed by atoms with Gasteiger partial charge in [0.05, 0.1) is 7.11 Å². The third kappa shape index (κ3) is 1.62. The van der Waals surface area contributed by atoms with Crippen molar-refractivity contribution in [2.24, 2.45) is 0 Å². The number of thioether (sulfide) groups is 1. The first-order valence-corrected chi connectivity index (χ1v) is 5.85. The van der Waals surface area contributed by atoms with Crippen LogP contribution < -0.4 is 4.74 Å². The normalized spacial score (nSPS) is 26.4. The van der Waals surface area contributed by atoms with Gasteiger partial charge in [0.15, 0.2) is 0 Å². The minimum Gasteiger partial charge on any atom is -0.496 e. The minimum atomic E-state index is -0.683. The first kappa shape index (κ1) is 9.87. The highest BCUT2D eigenvalue weighted by atomic mass is 32.2. The Bertz CT molecular complexity index is 319. The molecule has 0 saturated carbocycles. The Labute approximate surface area is 88.3 Å². The van der Waals surface area contributed by atoms with E-state index in [0.717, 1.165) is 29.2 Å². The van der Waals surface area contributed by atoms with Crippen molar-refractivity contribution < 1.29 is 9.84 Å². The molecular formula is C11H14O2S. The Balaban J connectivity index is 2.39. The lowest BCUT2D eigenvalue weighted by Gasteiger charge is -2.23. The third-order valence-electron chi connectivity index (χ3n) is 2.61. The van der Waals surface area contributed by atoms with Crippen molar-refractivity contribution >= 4 is 11.8 Å². The average Bonchev–Trinajstić information content (AvgIpc) is 2.66. The fourth-order valence-electron chi connectivity index (χ4n) is 1.80. The van der Waals surface area contributed by atoms with Crippen LogP contribution in [0.3, 0.4) is 0 Å². The summed E-state index contributed by atoms with van der Waals surface area (Å²) in [6.45, 7) is 0. The highest BCUT2D eigenvalue weighted by Crippen LogP contribution is 2.40. The van der Waals surface area contributed by atoms with Gasteiger partial charge in [-0.3, -0.25) is 0 Å². The van der Waals surface area contributed by atoms with Gasteiger partial charge < -0.3 is 9.84 Å². The molecule has 14 heavy (non-hydrogen) atoms. The Morgan fingerprint density at radius 1 is 1.43 bits per heavy atom. The van der Waals surface area contributed by atoms with Crippen LogP contribution in [-0.4, -0.2) is 23.7 Å². The fourth-order valence-corrected chi connectivity index (χ4v) is 3.06. The molecule has 0 aromatic heterocycles. The lowest BCUT2D eigenvalue weighted by molar-refractivity contribution is 0.0630. The molecule has 0 aliphatic carbocycles. The van der Waals surface area contributed by atoms with Crippen LogP contribution in [0.4, 0.5) is 0 Å². The number of para-hydroxylation sites is 1. The first-order chi connectivity index (χ1) is 6.76. The van der Waals surface area contributed by atoms with Crippen molar-refractivity contribution in [3.05, 3.63) is 29.8 Å². The van der Waals surface area contributed by atoms with Gasteiger partial charge in [0.1, 0.15) is 11.4 Å². The lowest BCUT2D eigenvalue weighted by atomic mass is 9.92. The molecule has 0 amide bonds. The van der Waals surface area contributed by atoms with Gasteiger partial charge in [-0.05, 0) is 18.2 Å². The van der Waals surface area contributed by atoms with Gasteiger partial charge >= 0.3 is 0 Å². The zero-order chi connectivity index (χ0) is 10.0. The number of ether oxygens (including phenoxy) is 1. The van der Waals surface area contributed by atoms with E-state index in [-0.39, 0.29) is 0 Å². The summed E-state index contributed by atoms with van der Waals surface area (Å²) in [5.41, 5.74) is 0.240. The molecule has 0 bridgehead atoms. The summed E-state index contributed by atoms with van der Waals surface area (Å²) in [7, 11) is 1.64. The van der Waals surface area contributed by atoms with Crippen molar-refractivity contribution in [1.29, 1.82) is 0 Å². The molecule has 1 aromatic rings. The minimum absolute atomic E-state index is 0.683. The van der Waals surface area contributed by atoms with Crippen LogP contribution in [0.2, 0.25) is 0 Å². The molecule has 1 heterocycles. The van der Waals surface area contributed by atoms with Crippen molar-refractivity contribution in [3.8, 4) is 5.75 Å². The fraction of sp³-hybridized carbons (Fsp3) is 0.455. The lowest BCUT2D eigenvalue weighted by Crippen LogP contribution is -2.25. The van der Waals surface area contributed by atoms with E-state index in [2.05, 4.69) is 0 Å². The smallest absolute Gasteiger partial charge is 0.124 e. The topological polar surface area (TPSA) is 29.5 Å². The van der Waals surface area contributed by atoms with Gasteiger partial charge in [-0.2, -0.15) is 11.8 Å². The maximum atomic E-state index is 10.4. The molecule has 1 aliphatic heterocycles. The number of methoxy groups -OCH3 is 1. The molecule has 1 saturated heterocycles. The van der Waals surface area contributed by atoms with E-state index in [0.29, 0.717) is 0 Å². The molecule has 1 aliphatic rings. The molecule has 1 N–H and O–H groups in total. The second kappa shape index (κ2) is 3.83. The van der Waals surface area contributed by atoms with Gasteiger partial charge in [0.2, 0.25) is 0 Å². The van der Waals surface area contributed by atoms with Gasteiger partial charge in [-0.1, -0.05) is 18.2 Å². The number of rotatable bonds is 2. The number of benzene rings is 1. The highest BCUT2D eigenvalue weighted by molar-refractivity contribution is 7.99. The molecule has 1 atom stereocenters. The number of hydrogen-bond acceptors (Lipinski definition) is 3. The second-order valence-electron chi connectivity index (χ2n) is 3.53. The van der Waals surface area contributed by atoms with E-state index < -0.39 is 5.60 Å². The molecule has 0 unspecified atom stereocenters. The summed E-state index contributed by atoms with van der Waals surface area (Å²) in [4.78, 5) is 0. The van der Waals surface area contributed by atoms with E-state index in [9.17, 15) is 5.11 Å². The van der Waals surface area contributed by atoms with E-state index in [4.69, 9.17) is 4.74 Å². The van der Waals surface area contributed by atoms with Gasteiger partial charge in [-0.15, -0.1) is 0 Å². The van der Waals surface area contributed by atoms with E-state index in [1.54, 1.807) is 18.9 Å². The highest BCUT2D eigenvalue weighted by Gasteiger charge is 2.35. The summed E-state index contributed by atoms with van der Waals surface area (Å²) >= 11 is 1.79. The maximum Gasteiger partial charge on any atom is 0.124 e. The summed E-state index contributed by atoms with van der Waals surface area (Å²) in [6, 6.07) is 7.72. The Morgan fingerprint density at radius 3 is 2.86 bits per heavy atom. The van der Waals surface area contributed by atoms with Crippen molar-refractivity contribution in [1.82, 2.24) is 0 Å². The molecule has 2 nitrogen and oxygen atoms in total. The van der Waals surface area contributed by atoms with Crippen LogP contribution in [0.15, 0.2) is 24.3 Å². The van der Waals surface area contributed by atoms with E-state index in [1.807, 2.05) is 24.3 Å². The molecule has 2 rings (SSSR count). The standard InChI is InChI=1S/C11H14O2S/c1-13-10-5-3-2-4-9(10)11(12)6-7-14-8-11/h2-5,12H,6-8H2,1H3/t11-/m0/s1. The summed E-state index contributed by atoms with van der Waals surface area (Å²) in [5, 5.41) is 10.4. The van der Waals surface area contributed by atoms with Crippen LogP contribution >= 0.6 is 11.8 Å². The Kier molecular flexibility index (Phi) is 2.70. The van der Waals surface area contributed by atoms with Crippen LogP contribution in [0.25, 0.3) is 0 Å². The molecular weight excluding hydrogens is 196 g/mol. The van der Waals surface area contributed by atoms with Crippen molar-refractivity contribution in [2.75, 3.05) is 18.6 Å². The second-order valence-corrected chi connectivity index (χ2v) is 4.64. The van der Waals surface area contributed by atoms with Crippen LogP contribution in [0.5, 0.6) is 5.75 Å². The summed E-state index contributed by atoms with van der Waals surface area (Å²) in [5.74, 6) is 2.58. The van der Waals surface area contributed by atoms with Crippen LogP contribution in [0, 0.1) is 0 Å². The largest absolute Gasteiger partial charge is 0.496 e. The molecule has 0 spiro atoms. The van der Waals surface area contributed by atoms with Crippen molar-refractivity contribution in [3.63, 3.8) is 0 Å². The monoisotopic (exact) mass is 210 g/mol.